The van der Waals surface area contributed by atoms with Crippen molar-refractivity contribution in [2.24, 2.45) is 0 Å². The SMILES string of the molecule is O=c1ccn(C2CC2)c2cc(Cl)c(F)nc12. The molecule has 2 aromatic heterocycles. The second-order valence-electron chi connectivity index (χ2n) is 3.95. The van der Waals surface area contributed by atoms with Crippen LogP contribution in [0.5, 0.6) is 0 Å². The Balaban J connectivity index is 2.42. The van der Waals surface area contributed by atoms with E-state index in [4.69, 9.17) is 11.6 Å². The highest BCUT2D eigenvalue weighted by molar-refractivity contribution is 6.31. The van der Waals surface area contributed by atoms with Gasteiger partial charge in [0.05, 0.1) is 10.5 Å². The van der Waals surface area contributed by atoms with Gasteiger partial charge in [-0.3, -0.25) is 4.79 Å². The Morgan fingerprint density at radius 3 is 2.94 bits per heavy atom. The molecule has 0 N–H and O–H groups in total. The van der Waals surface area contributed by atoms with Crippen LogP contribution in [0.15, 0.2) is 23.1 Å². The van der Waals surface area contributed by atoms with Crippen molar-refractivity contribution in [3.8, 4) is 0 Å². The summed E-state index contributed by atoms with van der Waals surface area (Å²) in [5, 5.41) is -0.0486. The number of hydrogen-bond donors (Lipinski definition) is 0. The third-order valence-corrected chi connectivity index (χ3v) is 3.02. The Bertz CT molecular complexity index is 634. The Morgan fingerprint density at radius 2 is 2.25 bits per heavy atom. The first-order valence-electron chi connectivity index (χ1n) is 5.04. The maximum atomic E-state index is 13.2. The molecule has 0 bridgehead atoms. The summed E-state index contributed by atoms with van der Waals surface area (Å²) >= 11 is 5.68. The standard InChI is InChI=1S/C11H8ClFN2O/c12-7-5-8-10(14-11(7)13)9(16)3-4-15(8)6-1-2-6/h3-6H,1-2H2. The zero-order valence-corrected chi connectivity index (χ0v) is 9.04. The lowest BCUT2D eigenvalue weighted by molar-refractivity contribution is 0.588. The van der Waals surface area contributed by atoms with Gasteiger partial charge in [0.2, 0.25) is 11.4 Å². The molecule has 0 aromatic carbocycles. The molecule has 3 nitrogen and oxygen atoms in total. The van der Waals surface area contributed by atoms with E-state index in [0.29, 0.717) is 11.6 Å². The minimum atomic E-state index is -0.792. The van der Waals surface area contributed by atoms with Crippen molar-refractivity contribution in [1.29, 1.82) is 0 Å². The summed E-state index contributed by atoms with van der Waals surface area (Å²) in [6.45, 7) is 0. The van der Waals surface area contributed by atoms with E-state index < -0.39 is 5.95 Å². The van der Waals surface area contributed by atoms with Gasteiger partial charge < -0.3 is 4.57 Å². The van der Waals surface area contributed by atoms with Gasteiger partial charge in [-0.1, -0.05) is 11.6 Å². The lowest BCUT2D eigenvalue weighted by Crippen LogP contribution is -2.09. The van der Waals surface area contributed by atoms with Crippen molar-refractivity contribution < 1.29 is 4.39 Å². The predicted molar refractivity (Wildman–Crippen MR) is 59.2 cm³/mol. The third-order valence-electron chi connectivity index (χ3n) is 2.75. The second kappa shape index (κ2) is 3.28. The average Bonchev–Trinajstić information content (AvgIpc) is 3.05. The fraction of sp³-hybridized carbons (Fsp3) is 0.273. The zero-order valence-electron chi connectivity index (χ0n) is 8.28. The average molecular weight is 239 g/mol. The number of nitrogens with zero attached hydrogens (tertiary/aromatic N) is 2. The van der Waals surface area contributed by atoms with E-state index >= 15 is 0 Å². The number of rotatable bonds is 1. The lowest BCUT2D eigenvalue weighted by Gasteiger charge is -2.08. The van der Waals surface area contributed by atoms with E-state index in [0.717, 1.165) is 12.8 Å². The molecule has 5 heteroatoms. The Labute approximate surface area is 95.5 Å². The van der Waals surface area contributed by atoms with Gasteiger partial charge in [-0.05, 0) is 18.9 Å². The molecule has 0 atom stereocenters. The number of pyridine rings is 2. The normalized spacial score (nSPS) is 15.6. The summed E-state index contributed by atoms with van der Waals surface area (Å²) in [5.41, 5.74) is 0.486. The topological polar surface area (TPSA) is 34.9 Å². The summed E-state index contributed by atoms with van der Waals surface area (Å²) in [4.78, 5) is 15.2. The van der Waals surface area contributed by atoms with Crippen LogP contribution in [0.25, 0.3) is 11.0 Å². The lowest BCUT2D eigenvalue weighted by atomic mass is 10.3. The molecular formula is C11H8ClFN2O. The van der Waals surface area contributed by atoms with E-state index in [2.05, 4.69) is 4.98 Å². The van der Waals surface area contributed by atoms with Crippen molar-refractivity contribution in [1.82, 2.24) is 9.55 Å². The van der Waals surface area contributed by atoms with Crippen LogP contribution >= 0.6 is 11.6 Å². The number of hydrogen-bond acceptors (Lipinski definition) is 2. The highest BCUT2D eigenvalue weighted by atomic mass is 35.5. The van der Waals surface area contributed by atoms with Crippen LogP contribution in [0.1, 0.15) is 18.9 Å². The fourth-order valence-corrected chi connectivity index (χ4v) is 1.96. The highest BCUT2D eigenvalue weighted by Crippen LogP contribution is 2.36. The monoisotopic (exact) mass is 238 g/mol. The van der Waals surface area contributed by atoms with Gasteiger partial charge in [0, 0.05) is 18.3 Å². The Hall–Kier alpha value is -1.42. The van der Waals surface area contributed by atoms with Crippen molar-refractivity contribution >= 4 is 22.6 Å². The first kappa shape index (κ1) is 9.78. The van der Waals surface area contributed by atoms with Crippen molar-refractivity contribution in [2.45, 2.75) is 18.9 Å². The summed E-state index contributed by atoms with van der Waals surface area (Å²) in [6, 6.07) is 3.28. The van der Waals surface area contributed by atoms with Crippen LogP contribution in [0, 0.1) is 5.95 Å². The Morgan fingerprint density at radius 1 is 1.50 bits per heavy atom. The van der Waals surface area contributed by atoms with Gasteiger partial charge in [0.15, 0.2) is 0 Å². The predicted octanol–water partition coefficient (Wildman–Crippen LogP) is 2.52. The molecule has 3 rings (SSSR count). The van der Waals surface area contributed by atoms with Gasteiger partial charge in [-0.2, -0.15) is 4.39 Å². The largest absolute Gasteiger partial charge is 0.343 e. The minimum Gasteiger partial charge on any atom is -0.343 e. The van der Waals surface area contributed by atoms with E-state index in [1.54, 1.807) is 6.20 Å². The van der Waals surface area contributed by atoms with Crippen LogP contribution in [-0.4, -0.2) is 9.55 Å². The van der Waals surface area contributed by atoms with Crippen LogP contribution in [0.2, 0.25) is 5.02 Å². The van der Waals surface area contributed by atoms with Gasteiger partial charge in [0.1, 0.15) is 5.52 Å². The maximum Gasteiger partial charge on any atom is 0.232 e. The smallest absolute Gasteiger partial charge is 0.232 e. The van der Waals surface area contributed by atoms with E-state index in [9.17, 15) is 9.18 Å². The first-order valence-corrected chi connectivity index (χ1v) is 5.41. The van der Waals surface area contributed by atoms with Crippen LogP contribution in [-0.2, 0) is 0 Å². The molecule has 1 fully saturated rings. The molecule has 0 saturated heterocycles. The summed E-state index contributed by atoms with van der Waals surface area (Å²) in [7, 11) is 0. The molecule has 16 heavy (non-hydrogen) atoms. The maximum absolute atomic E-state index is 13.2. The summed E-state index contributed by atoms with van der Waals surface area (Å²) < 4.78 is 15.1. The van der Waals surface area contributed by atoms with Gasteiger partial charge >= 0.3 is 0 Å². The number of fused-ring (bicyclic) bond motifs is 1. The van der Waals surface area contributed by atoms with Gasteiger partial charge in [-0.25, -0.2) is 4.98 Å². The first-order chi connectivity index (χ1) is 7.66. The van der Waals surface area contributed by atoms with Gasteiger partial charge in [0.25, 0.3) is 0 Å². The molecular weight excluding hydrogens is 231 g/mol. The van der Waals surface area contributed by atoms with Crippen molar-refractivity contribution in [3.63, 3.8) is 0 Å². The molecule has 0 spiro atoms. The minimum absolute atomic E-state index is 0.0486. The van der Waals surface area contributed by atoms with Crippen LogP contribution in [0.4, 0.5) is 4.39 Å². The molecule has 82 valence electrons. The molecule has 0 radical (unpaired) electrons. The summed E-state index contributed by atoms with van der Waals surface area (Å²) in [5.74, 6) is -0.792. The third kappa shape index (κ3) is 1.41. The molecule has 1 aliphatic carbocycles. The number of aromatic nitrogens is 2. The van der Waals surface area contributed by atoms with E-state index in [-0.39, 0.29) is 16.0 Å². The molecule has 0 amide bonds. The molecule has 0 aliphatic heterocycles. The molecule has 2 aromatic rings. The Kier molecular flexibility index (Phi) is 2.01. The van der Waals surface area contributed by atoms with E-state index in [1.165, 1.54) is 12.1 Å². The van der Waals surface area contributed by atoms with Crippen molar-refractivity contribution in [2.75, 3.05) is 0 Å². The van der Waals surface area contributed by atoms with Gasteiger partial charge in [-0.15, -0.1) is 0 Å². The molecule has 0 unspecified atom stereocenters. The van der Waals surface area contributed by atoms with E-state index in [1.807, 2.05) is 4.57 Å². The second-order valence-corrected chi connectivity index (χ2v) is 4.35. The molecule has 2 heterocycles. The quantitative estimate of drug-likeness (QED) is 0.716. The molecule has 1 saturated carbocycles. The summed E-state index contributed by atoms with van der Waals surface area (Å²) in [6.07, 6.45) is 3.87. The van der Waals surface area contributed by atoms with Crippen LogP contribution in [0.3, 0.4) is 0 Å². The van der Waals surface area contributed by atoms with Crippen molar-refractivity contribution in [3.05, 3.63) is 39.5 Å². The highest BCUT2D eigenvalue weighted by Gasteiger charge is 2.25. The van der Waals surface area contributed by atoms with Crippen LogP contribution < -0.4 is 5.43 Å². The number of halogens is 2. The fourth-order valence-electron chi connectivity index (χ4n) is 1.81. The molecule has 1 aliphatic rings. The zero-order chi connectivity index (χ0) is 11.3.